The van der Waals surface area contributed by atoms with E-state index in [4.69, 9.17) is 4.74 Å². The molecule has 4 heteroatoms. The van der Waals surface area contributed by atoms with E-state index in [2.05, 4.69) is 4.99 Å². The number of nitrogens with zero attached hydrogens (tertiary/aromatic N) is 1. The van der Waals surface area contributed by atoms with Crippen LogP contribution in [0.4, 0.5) is 0 Å². The fraction of sp³-hybridized carbons (Fsp3) is 0.286. The first kappa shape index (κ1) is 12.9. The molecule has 0 aliphatic carbocycles. The SMILES string of the molecule is COC1=C(SCC(C)=O)CN=C1c1ccccc1. The van der Waals surface area contributed by atoms with E-state index in [-0.39, 0.29) is 5.78 Å². The summed E-state index contributed by atoms with van der Waals surface area (Å²) in [6.45, 7) is 2.19. The van der Waals surface area contributed by atoms with Crippen LogP contribution in [-0.4, -0.2) is 30.9 Å². The lowest BCUT2D eigenvalue weighted by Crippen LogP contribution is -2.05. The van der Waals surface area contributed by atoms with Gasteiger partial charge < -0.3 is 4.74 Å². The molecule has 1 aromatic carbocycles. The minimum atomic E-state index is 0.163. The van der Waals surface area contributed by atoms with Gasteiger partial charge in [0.2, 0.25) is 0 Å². The first-order chi connectivity index (χ1) is 8.72. The third-order valence-corrected chi connectivity index (χ3v) is 3.76. The van der Waals surface area contributed by atoms with Gasteiger partial charge in [-0.1, -0.05) is 30.3 Å². The molecule has 1 aromatic rings. The number of benzene rings is 1. The molecule has 1 aliphatic heterocycles. The maximum absolute atomic E-state index is 11.0. The molecule has 3 nitrogen and oxygen atoms in total. The quantitative estimate of drug-likeness (QED) is 0.818. The van der Waals surface area contributed by atoms with E-state index < -0.39 is 0 Å². The predicted octanol–water partition coefficient (Wildman–Crippen LogP) is 2.67. The number of hydrogen-bond acceptors (Lipinski definition) is 4. The Morgan fingerprint density at radius 1 is 1.39 bits per heavy atom. The van der Waals surface area contributed by atoms with E-state index in [1.807, 2.05) is 30.3 Å². The molecule has 94 valence electrons. The van der Waals surface area contributed by atoms with Gasteiger partial charge in [-0.05, 0) is 6.92 Å². The molecule has 0 saturated carbocycles. The third kappa shape index (κ3) is 2.82. The molecule has 0 saturated heterocycles. The molecule has 0 unspecified atom stereocenters. The van der Waals surface area contributed by atoms with Crippen LogP contribution in [0.3, 0.4) is 0 Å². The maximum Gasteiger partial charge on any atom is 0.156 e. The molecule has 0 bridgehead atoms. The average Bonchev–Trinajstić information content (AvgIpc) is 2.80. The predicted molar refractivity (Wildman–Crippen MR) is 75.0 cm³/mol. The Morgan fingerprint density at radius 2 is 2.11 bits per heavy atom. The van der Waals surface area contributed by atoms with Crippen LogP contribution in [-0.2, 0) is 9.53 Å². The van der Waals surface area contributed by atoms with Crippen molar-refractivity contribution in [2.24, 2.45) is 4.99 Å². The van der Waals surface area contributed by atoms with Crippen LogP contribution in [0.25, 0.3) is 0 Å². The number of carbonyl (C=O) groups excluding carboxylic acids is 1. The summed E-state index contributed by atoms with van der Waals surface area (Å²) in [7, 11) is 1.65. The highest BCUT2D eigenvalue weighted by Gasteiger charge is 2.22. The van der Waals surface area contributed by atoms with Gasteiger partial charge in [-0.25, -0.2) is 0 Å². The first-order valence-electron chi connectivity index (χ1n) is 5.72. The van der Waals surface area contributed by atoms with Crippen molar-refractivity contribution in [3.8, 4) is 0 Å². The number of carbonyl (C=O) groups is 1. The lowest BCUT2D eigenvalue weighted by molar-refractivity contribution is -0.114. The zero-order valence-electron chi connectivity index (χ0n) is 10.5. The van der Waals surface area contributed by atoms with Gasteiger partial charge in [0.05, 0.1) is 24.3 Å². The summed E-state index contributed by atoms with van der Waals surface area (Å²) in [4.78, 5) is 16.6. The van der Waals surface area contributed by atoms with E-state index in [9.17, 15) is 4.79 Å². The number of allylic oxidation sites excluding steroid dienone is 1. The summed E-state index contributed by atoms with van der Waals surface area (Å²) in [5, 5.41) is 0. The Morgan fingerprint density at radius 3 is 2.72 bits per heavy atom. The Balaban J connectivity index is 2.21. The second-order valence-corrected chi connectivity index (χ2v) is 5.05. The maximum atomic E-state index is 11.0. The summed E-state index contributed by atoms with van der Waals surface area (Å²) >= 11 is 1.51. The van der Waals surface area contributed by atoms with Gasteiger partial charge in [0.25, 0.3) is 0 Å². The van der Waals surface area contributed by atoms with Crippen molar-refractivity contribution in [2.45, 2.75) is 6.92 Å². The van der Waals surface area contributed by atoms with Crippen molar-refractivity contribution in [1.29, 1.82) is 0 Å². The zero-order valence-corrected chi connectivity index (χ0v) is 11.3. The van der Waals surface area contributed by atoms with Crippen LogP contribution >= 0.6 is 11.8 Å². The Bertz CT molecular complexity index is 506. The molecule has 0 atom stereocenters. The highest BCUT2D eigenvalue weighted by Crippen LogP contribution is 2.29. The summed E-state index contributed by atoms with van der Waals surface area (Å²) in [6, 6.07) is 9.95. The number of Topliss-reactive ketones (excluding diaryl/α,β-unsaturated/α-hetero) is 1. The van der Waals surface area contributed by atoms with Crippen molar-refractivity contribution in [2.75, 3.05) is 19.4 Å². The topological polar surface area (TPSA) is 38.7 Å². The summed E-state index contributed by atoms with van der Waals surface area (Å²) in [6.07, 6.45) is 0. The lowest BCUT2D eigenvalue weighted by Gasteiger charge is -2.08. The highest BCUT2D eigenvalue weighted by atomic mass is 32.2. The largest absolute Gasteiger partial charge is 0.494 e. The van der Waals surface area contributed by atoms with Crippen molar-refractivity contribution >= 4 is 23.3 Å². The molecule has 1 heterocycles. The Labute approximate surface area is 111 Å². The minimum absolute atomic E-state index is 0.163. The van der Waals surface area contributed by atoms with Crippen LogP contribution in [0.2, 0.25) is 0 Å². The number of hydrogen-bond donors (Lipinski definition) is 0. The van der Waals surface area contributed by atoms with Crippen LogP contribution < -0.4 is 0 Å². The lowest BCUT2D eigenvalue weighted by atomic mass is 10.1. The molecule has 18 heavy (non-hydrogen) atoms. The standard InChI is InChI=1S/C14H15NO2S/c1-10(16)9-18-12-8-15-13(14(12)17-2)11-6-4-3-5-7-11/h3-7H,8-9H2,1-2H3. The molecule has 0 radical (unpaired) electrons. The van der Waals surface area contributed by atoms with Crippen molar-refractivity contribution in [3.63, 3.8) is 0 Å². The normalized spacial score (nSPS) is 14.7. The number of ketones is 1. The fourth-order valence-corrected chi connectivity index (χ4v) is 2.60. The van der Waals surface area contributed by atoms with Crippen LogP contribution in [0.5, 0.6) is 0 Å². The van der Waals surface area contributed by atoms with Crippen molar-refractivity contribution < 1.29 is 9.53 Å². The van der Waals surface area contributed by atoms with Gasteiger partial charge in [0, 0.05) is 5.56 Å². The monoisotopic (exact) mass is 261 g/mol. The number of methoxy groups -OCH3 is 1. The second kappa shape index (κ2) is 5.87. The molecule has 0 aromatic heterocycles. The molecule has 1 aliphatic rings. The van der Waals surface area contributed by atoms with Crippen molar-refractivity contribution in [3.05, 3.63) is 46.6 Å². The van der Waals surface area contributed by atoms with Crippen LogP contribution in [0.15, 0.2) is 46.0 Å². The van der Waals surface area contributed by atoms with Crippen LogP contribution in [0.1, 0.15) is 12.5 Å². The Hall–Kier alpha value is -1.55. The molecule has 0 fully saturated rings. The summed E-state index contributed by atoms with van der Waals surface area (Å²) in [5.41, 5.74) is 1.93. The molecule has 0 N–H and O–H groups in total. The smallest absolute Gasteiger partial charge is 0.156 e. The number of rotatable bonds is 5. The minimum Gasteiger partial charge on any atom is -0.494 e. The van der Waals surface area contributed by atoms with E-state index in [0.717, 1.165) is 21.9 Å². The molecule has 2 rings (SSSR count). The molecule has 0 amide bonds. The van der Waals surface area contributed by atoms with Gasteiger partial charge >= 0.3 is 0 Å². The molecular formula is C14H15NO2S. The Kier molecular flexibility index (Phi) is 4.20. The van der Waals surface area contributed by atoms with E-state index >= 15 is 0 Å². The number of thioether (sulfide) groups is 1. The summed E-state index contributed by atoms with van der Waals surface area (Å²) in [5.74, 6) is 1.43. The van der Waals surface area contributed by atoms with Gasteiger partial charge in [0.15, 0.2) is 5.76 Å². The average molecular weight is 261 g/mol. The van der Waals surface area contributed by atoms with Crippen molar-refractivity contribution in [1.82, 2.24) is 0 Å². The molecular weight excluding hydrogens is 246 g/mol. The fourth-order valence-electron chi connectivity index (χ4n) is 1.76. The number of ether oxygens (including phenoxy) is 1. The van der Waals surface area contributed by atoms with E-state index in [0.29, 0.717) is 12.3 Å². The first-order valence-corrected chi connectivity index (χ1v) is 6.70. The van der Waals surface area contributed by atoms with E-state index in [1.54, 1.807) is 14.0 Å². The third-order valence-electron chi connectivity index (χ3n) is 2.55. The van der Waals surface area contributed by atoms with Gasteiger partial charge in [-0.15, -0.1) is 11.8 Å². The number of aliphatic imine (C=N–C) groups is 1. The highest BCUT2D eigenvalue weighted by molar-refractivity contribution is 8.03. The van der Waals surface area contributed by atoms with Gasteiger partial charge in [0.1, 0.15) is 11.5 Å². The van der Waals surface area contributed by atoms with Gasteiger partial charge in [-0.2, -0.15) is 0 Å². The summed E-state index contributed by atoms with van der Waals surface area (Å²) < 4.78 is 5.44. The zero-order chi connectivity index (χ0) is 13.0. The van der Waals surface area contributed by atoms with E-state index in [1.165, 1.54) is 11.8 Å². The second-order valence-electron chi connectivity index (χ2n) is 3.98. The van der Waals surface area contributed by atoms with Crippen LogP contribution in [0, 0.1) is 0 Å². The van der Waals surface area contributed by atoms with Gasteiger partial charge in [-0.3, -0.25) is 9.79 Å². The molecule has 0 spiro atoms.